The molecule has 0 aliphatic carbocycles. The third-order valence-electron chi connectivity index (χ3n) is 4.47. The van der Waals surface area contributed by atoms with Crippen molar-refractivity contribution in [2.75, 3.05) is 19.0 Å². The minimum atomic E-state index is -0.559. The van der Waals surface area contributed by atoms with Crippen molar-refractivity contribution in [2.45, 2.75) is 0 Å². The van der Waals surface area contributed by atoms with E-state index in [-0.39, 0.29) is 11.3 Å². The molecule has 3 rings (SSSR count). The third kappa shape index (κ3) is 5.18. The number of pyridine rings is 1. The van der Waals surface area contributed by atoms with Gasteiger partial charge in [-0.25, -0.2) is 0 Å². The maximum absolute atomic E-state index is 10.9. The summed E-state index contributed by atoms with van der Waals surface area (Å²) < 4.78 is 0. The fraction of sp³-hybridized carbons (Fsp3) is 0.0833. The standard InChI is InChI=1S/C24H20N4O2/c1-27(2)23-12-7-18(8-13-23)3-4-20-6-11-22(26-17-20)10-5-19-9-14-24(28(29)30)21(15-19)16-25/h3-15,17H,1-2H3. The second-order valence-electron chi connectivity index (χ2n) is 6.81. The van der Waals surface area contributed by atoms with Crippen molar-refractivity contribution in [1.29, 1.82) is 5.26 Å². The molecule has 6 heteroatoms. The summed E-state index contributed by atoms with van der Waals surface area (Å²) in [5, 5.41) is 20.0. The molecule has 0 atom stereocenters. The first-order valence-corrected chi connectivity index (χ1v) is 9.24. The summed E-state index contributed by atoms with van der Waals surface area (Å²) in [6.07, 6.45) is 9.39. The molecule has 0 bridgehead atoms. The summed E-state index contributed by atoms with van der Waals surface area (Å²) in [5.74, 6) is 0. The molecule has 0 aliphatic rings. The van der Waals surface area contributed by atoms with E-state index in [9.17, 15) is 10.1 Å². The van der Waals surface area contributed by atoms with E-state index in [2.05, 4.69) is 34.1 Å². The van der Waals surface area contributed by atoms with Gasteiger partial charge in [0, 0.05) is 32.0 Å². The molecule has 0 spiro atoms. The fourth-order valence-corrected chi connectivity index (χ4v) is 2.78. The first-order chi connectivity index (χ1) is 14.5. The van der Waals surface area contributed by atoms with Crippen LogP contribution in [0.5, 0.6) is 0 Å². The van der Waals surface area contributed by atoms with Crippen molar-refractivity contribution in [3.63, 3.8) is 0 Å². The van der Waals surface area contributed by atoms with E-state index < -0.39 is 4.92 Å². The number of nitriles is 1. The number of aromatic nitrogens is 1. The summed E-state index contributed by atoms with van der Waals surface area (Å²) in [5.41, 5.74) is 4.53. The molecule has 30 heavy (non-hydrogen) atoms. The average molecular weight is 396 g/mol. The van der Waals surface area contributed by atoms with Gasteiger partial charge in [-0.15, -0.1) is 0 Å². The van der Waals surface area contributed by atoms with Gasteiger partial charge in [-0.3, -0.25) is 15.1 Å². The Morgan fingerprint density at radius 1 is 0.933 bits per heavy atom. The zero-order chi connectivity index (χ0) is 21.5. The lowest BCUT2D eigenvalue weighted by molar-refractivity contribution is -0.385. The van der Waals surface area contributed by atoms with Gasteiger partial charge in [0.05, 0.1) is 10.6 Å². The molecule has 0 amide bonds. The van der Waals surface area contributed by atoms with Gasteiger partial charge in [-0.1, -0.05) is 36.4 Å². The number of benzene rings is 2. The predicted molar refractivity (Wildman–Crippen MR) is 121 cm³/mol. The lowest BCUT2D eigenvalue weighted by Gasteiger charge is -2.11. The van der Waals surface area contributed by atoms with Gasteiger partial charge in [0.2, 0.25) is 0 Å². The van der Waals surface area contributed by atoms with Crippen LogP contribution in [0.4, 0.5) is 11.4 Å². The number of nitro benzene ring substituents is 1. The van der Waals surface area contributed by atoms with E-state index in [4.69, 9.17) is 5.26 Å². The van der Waals surface area contributed by atoms with Crippen LogP contribution in [0.25, 0.3) is 24.3 Å². The van der Waals surface area contributed by atoms with Gasteiger partial charge in [0.1, 0.15) is 11.6 Å². The minimum Gasteiger partial charge on any atom is -0.378 e. The van der Waals surface area contributed by atoms with Crippen molar-refractivity contribution < 1.29 is 4.92 Å². The molecule has 0 aliphatic heterocycles. The van der Waals surface area contributed by atoms with Crippen molar-refractivity contribution in [3.05, 3.63) is 98.9 Å². The number of anilines is 1. The molecule has 0 fully saturated rings. The van der Waals surface area contributed by atoms with E-state index in [1.807, 2.05) is 44.4 Å². The monoisotopic (exact) mass is 396 g/mol. The lowest BCUT2D eigenvalue weighted by atomic mass is 10.1. The van der Waals surface area contributed by atoms with Crippen LogP contribution in [0, 0.1) is 21.4 Å². The van der Waals surface area contributed by atoms with Gasteiger partial charge in [-0.05, 0) is 53.1 Å². The number of nitro groups is 1. The van der Waals surface area contributed by atoms with Crippen LogP contribution in [0.1, 0.15) is 27.9 Å². The molecular weight excluding hydrogens is 376 g/mol. The molecule has 0 radical (unpaired) electrons. The van der Waals surface area contributed by atoms with E-state index in [1.165, 1.54) is 12.1 Å². The molecule has 2 aromatic carbocycles. The van der Waals surface area contributed by atoms with E-state index in [0.29, 0.717) is 5.56 Å². The van der Waals surface area contributed by atoms with Crippen LogP contribution in [-0.2, 0) is 0 Å². The second-order valence-corrected chi connectivity index (χ2v) is 6.81. The zero-order valence-corrected chi connectivity index (χ0v) is 16.7. The normalized spacial score (nSPS) is 11.0. The number of rotatable bonds is 6. The highest BCUT2D eigenvalue weighted by Crippen LogP contribution is 2.20. The highest BCUT2D eigenvalue weighted by atomic mass is 16.6. The molecule has 1 aromatic heterocycles. The van der Waals surface area contributed by atoms with E-state index in [0.717, 1.165) is 22.5 Å². The highest BCUT2D eigenvalue weighted by molar-refractivity contribution is 5.72. The van der Waals surface area contributed by atoms with E-state index >= 15 is 0 Å². The number of nitrogens with zero attached hydrogens (tertiary/aromatic N) is 4. The van der Waals surface area contributed by atoms with Crippen LogP contribution in [0.3, 0.4) is 0 Å². The number of hydrogen-bond acceptors (Lipinski definition) is 5. The Balaban J connectivity index is 1.68. The van der Waals surface area contributed by atoms with Gasteiger partial charge >= 0.3 is 0 Å². The fourth-order valence-electron chi connectivity index (χ4n) is 2.78. The molecule has 148 valence electrons. The van der Waals surface area contributed by atoms with Crippen LogP contribution in [0.15, 0.2) is 60.8 Å². The van der Waals surface area contributed by atoms with Gasteiger partial charge < -0.3 is 4.90 Å². The molecule has 0 saturated carbocycles. The molecule has 3 aromatic rings. The summed E-state index contributed by atoms with van der Waals surface area (Å²) in [6.45, 7) is 0. The zero-order valence-electron chi connectivity index (χ0n) is 16.7. The van der Waals surface area contributed by atoms with Crippen LogP contribution in [0.2, 0.25) is 0 Å². The Morgan fingerprint density at radius 3 is 2.17 bits per heavy atom. The Bertz CT molecular complexity index is 1140. The summed E-state index contributed by atoms with van der Waals surface area (Å²) in [4.78, 5) is 16.8. The second kappa shape index (κ2) is 9.30. The van der Waals surface area contributed by atoms with E-state index in [1.54, 1.807) is 24.4 Å². The first-order valence-electron chi connectivity index (χ1n) is 9.24. The predicted octanol–water partition coefficient (Wildman–Crippen LogP) is 5.27. The first kappa shape index (κ1) is 20.5. The van der Waals surface area contributed by atoms with Gasteiger partial charge in [0.25, 0.3) is 5.69 Å². The van der Waals surface area contributed by atoms with Crippen LogP contribution < -0.4 is 4.90 Å². The average Bonchev–Trinajstić information content (AvgIpc) is 2.76. The molecule has 1 heterocycles. The SMILES string of the molecule is CN(C)c1ccc(C=Cc2ccc(C=Cc3ccc([N+](=O)[O-])c(C#N)c3)nc2)cc1. The lowest BCUT2D eigenvalue weighted by Crippen LogP contribution is -2.07. The maximum atomic E-state index is 10.9. The Hall–Kier alpha value is -4.24. The van der Waals surface area contributed by atoms with Gasteiger partial charge in [-0.2, -0.15) is 5.26 Å². The van der Waals surface area contributed by atoms with Crippen LogP contribution in [-0.4, -0.2) is 24.0 Å². The minimum absolute atomic E-state index is 0.0363. The van der Waals surface area contributed by atoms with Crippen molar-refractivity contribution in [3.8, 4) is 6.07 Å². The molecule has 0 N–H and O–H groups in total. The summed E-state index contributed by atoms with van der Waals surface area (Å²) >= 11 is 0. The number of hydrogen-bond donors (Lipinski definition) is 0. The topological polar surface area (TPSA) is 83.1 Å². The Labute approximate surface area is 175 Å². The maximum Gasteiger partial charge on any atom is 0.287 e. The largest absolute Gasteiger partial charge is 0.378 e. The summed E-state index contributed by atoms with van der Waals surface area (Å²) in [7, 11) is 4.02. The third-order valence-corrected chi connectivity index (χ3v) is 4.47. The van der Waals surface area contributed by atoms with Crippen molar-refractivity contribution in [2.24, 2.45) is 0 Å². The Morgan fingerprint density at radius 2 is 1.57 bits per heavy atom. The van der Waals surface area contributed by atoms with Crippen molar-refractivity contribution >= 4 is 35.7 Å². The summed E-state index contributed by atoms with van der Waals surface area (Å²) in [6, 6.07) is 18.4. The van der Waals surface area contributed by atoms with Gasteiger partial charge in [0.15, 0.2) is 0 Å². The van der Waals surface area contributed by atoms with Crippen molar-refractivity contribution in [1.82, 2.24) is 4.98 Å². The quantitative estimate of drug-likeness (QED) is 0.419. The molecule has 6 nitrogen and oxygen atoms in total. The smallest absolute Gasteiger partial charge is 0.287 e. The highest BCUT2D eigenvalue weighted by Gasteiger charge is 2.12. The molecular formula is C24H20N4O2. The molecule has 0 saturated heterocycles. The Kier molecular flexibility index (Phi) is 6.36. The van der Waals surface area contributed by atoms with Crippen LogP contribution >= 0.6 is 0 Å². The molecule has 0 unspecified atom stereocenters.